The number of aromatic nitrogens is 1. The highest BCUT2D eigenvalue weighted by atomic mass is 16.2. The summed E-state index contributed by atoms with van der Waals surface area (Å²) in [6.45, 7) is 0.550. The van der Waals surface area contributed by atoms with Crippen LogP contribution in [0.4, 0.5) is 5.69 Å². The van der Waals surface area contributed by atoms with Crippen LogP contribution < -0.4 is 22.5 Å². The highest BCUT2D eigenvalue weighted by molar-refractivity contribution is 6.00. The molecule has 0 saturated heterocycles. The van der Waals surface area contributed by atoms with Crippen LogP contribution in [0.5, 0.6) is 0 Å². The number of benzene rings is 3. The minimum absolute atomic E-state index is 0.0000162. The first-order valence-electron chi connectivity index (χ1n) is 11.7. The van der Waals surface area contributed by atoms with Crippen molar-refractivity contribution < 1.29 is 4.79 Å². The molecular formula is C27H30N6O. The van der Waals surface area contributed by atoms with Crippen LogP contribution >= 0.6 is 0 Å². The monoisotopic (exact) mass is 454 g/mol. The number of carbonyl (C=O) groups excluding carboxylic acids is 1. The molecule has 0 atom stereocenters. The Morgan fingerprint density at radius 1 is 0.941 bits per heavy atom. The van der Waals surface area contributed by atoms with E-state index in [1.54, 1.807) is 0 Å². The van der Waals surface area contributed by atoms with Crippen molar-refractivity contribution in [3.63, 3.8) is 0 Å². The van der Waals surface area contributed by atoms with Gasteiger partial charge in [0.1, 0.15) is 5.69 Å². The third kappa shape index (κ3) is 4.47. The summed E-state index contributed by atoms with van der Waals surface area (Å²) in [7, 11) is 0. The number of carbonyl (C=O) groups is 1. The lowest BCUT2D eigenvalue weighted by atomic mass is 9.92. The predicted molar refractivity (Wildman–Crippen MR) is 138 cm³/mol. The highest BCUT2D eigenvalue weighted by Gasteiger charge is 2.23. The predicted octanol–water partition coefficient (Wildman–Crippen LogP) is 3.75. The quantitative estimate of drug-likeness (QED) is 0.271. The van der Waals surface area contributed by atoms with Crippen LogP contribution in [0.3, 0.4) is 0 Å². The zero-order valence-electron chi connectivity index (χ0n) is 19.1. The van der Waals surface area contributed by atoms with Gasteiger partial charge in [-0.05, 0) is 60.2 Å². The molecule has 3 aromatic carbocycles. The first-order valence-corrected chi connectivity index (χ1v) is 11.7. The van der Waals surface area contributed by atoms with E-state index in [4.69, 9.17) is 17.2 Å². The van der Waals surface area contributed by atoms with Crippen LogP contribution in [0.25, 0.3) is 21.7 Å². The molecule has 7 nitrogen and oxygen atoms in total. The molecule has 174 valence electrons. The minimum Gasteiger partial charge on any atom is -0.370 e. The summed E-state index contributed by atoms with van der Waals surface area (Å²) in [5.41, 5.74) is 20.6. The van der Waals surface area contributed by atoms with Gasteiger partial charge in [0.05, 0.1) is 11.2 Å². The summed E-state index contributed by atoms with van der Waals surface area (Å²) in [6, 6.07) is 22.6. The molecule has 1 fully saturated rings. The number of nitrogens with one attached hydrogen (secondary N) is 1. The van der Waals surface area contributed by atoms with Crippen LogP contribution in [0.1, 0.15) is 41.7 Å². The maximum Gasteiger partial charge on any atom is 0.268 e. The van der Waals surface area contributed by atoms with E-state index in [2.05, 4.69) is 45.2 Å². The smallest absolute Gasteiger partial charge is 0.268 e. The molecule has 1 aliphatic carbocycles. The van der Waals surface area contributed by atoms with Crippen molar-refractivity contribution in [1.82, 2.24) is 9.88 Å². The molecule has 1 heterocycles. The average molecular weight is 455 g/mol. The van der Waals surface area contributed by atoms with Gasteiger partial charge in [-0.25, -0.2) is 4.99 Å². The van der Waals surface area contributed by atoms with E-state index >= 15 is 0 Å². The second kappa shape index (κ2) is 9.19. The summed E-state index contributed by atoms with van der Waals surface area (Å²) in [6.07, 6.45) is 3.69. The SMILES string of the molecule is NC(N)=Nc1ccc2cc(C(=O)NC3CCC(N)CC3)n(Cc3cccc4ccccc34)c2c1. The van der Waals surface area contributed by atoms with E-state index in [1.807, 2.05) is 36.4 Å². The van der Waals surface area contributed by atoms with E-state index in [-0.39, 0.29) is 24.0 Å². The Labute approximate surface area is 198 Å². The Morgan fingerprint density at radius 2 is 1.71 bits per heavy atom. The van der Waals surface area contributed by atoms with E-state index in [0.717, 1.165) is 42.1 Å². The van der Waals surface area contributed by atoms with Crippen molar-refractivity contribution in [2.75, 3.05) is 0 Å². The van der Waals surface area contributed by atoms with Crippen molar-refractivity contribution in [2.24, 2.45) is 22.2 Å². The molecule has 4 aromatic rings. The fourth-order valence-corrected chi connectivity index (χ4v) is 4.94. The second-order valence-electron chi connectivity index (χ2n) is 9.12. The van der Waals surface area contributed by atoms with Crippen LogP contribution in [0.15, 0.2) is 71.7 Å². The zero-order chi connectivity index (χ0) is 23.7. The third-order valence-electron chi connectivity index (χ3n) is 6.69. The van der Waals surface area contributed by atoms with Gasteiger partial charge in [-0.15, -0.1) is 0 Å². The molecule has 34 heavy (non-hydrogen) atoms. The summed E-state index contributed by atoms with van der Waals surface area (Å²) in [4.78, 5) is 17.7. The number of hydrogen-bond acceptors (Lipinski definition) is 3. The molecular weight excluding hydrogens is 424 g/mol. The molecule has 1 saturated carbocycles. The number of nitrogens with zero attached hydrogens (tertiary/aromatic N) is 2. The fourth-order valence-electron chi connectivity index (χ4n) is 4.94. The Balaban J connectivity index is 1.57. The zero-order valence-corrected chi connectivity index (χ0v) is 19.1. The van der Waals surface area contributed by atoms with Crippen molar-refractivity contribution in [2.45, 2.75) is 44.3 Å². The van der Waals surface area contributed by atoms with E-state index in [9.17, 15) is 4.79 Å². The molecule has 0 bridgehead atoms. The molecule has 0 radical (unpaired) electrons. The maximum absolute atomic E-state index is 13.5. The number of rotatable bonds is 5. The van der Waals surface area contributed by atoms with E-state index < -0.39 is 0 Å². The van der Waals surface area contributed by atoms with Crippen molar-refractivity contribution in [3.8, 4) is 0 Å². The van der Waals surface area contributed by atoms with E-state index in [0.29, 0.717) is 17.9 Å². The van der Waals surface area contributed by atoms with E-state index in [1.165, 1.54) is 10.8 Å². The van der Waals surface area contributed by atoms with Gasteiger partial charge in [0, 0.05) is 24.0 Å². The van der Waals surface area contributed by atoms with Gasteiger partial charge in [-0.2, -0.15) is 0 Å². The van der Waals surface area contributed by atoms with Crippen molar-refractivity contribution >= 4 is 39.2 Å². The molecule has 7 heteroatoms. The molecule has 0 spiro atoms. The summed E-state index contributed by atoms with van der Waals surface area (Å²) < 4.78 is 2.06. The first-order chi connectivity index (χ1) is 16.5. The average Bonchev–Trinajstić information content (AvgIpc) is 3.18. The van der Waals surface area contributed by atoms with Crippen LogP contribution in [-0.4, -0.2) is 28.5 Å². The molecule has 5 rings (SSSR count). The Morgan fingerprint density at radius 3 is 2.50 bits per heavy atom. The summed E-state index contributed by atoms with van der Waals surface area (Å²) >= 11 is 0. The summed E-state index contributed by atoms with van der Waals surface area (Å²) in [5.74, 6) is -0.0692. The number of nitrogens with two attached hydrogens (primary N) is 3. The van der Waals surface area contributed by atoms with Gasteiger partial charge in [-0.3, -0.25) is 4.79 Å². The molecule has 1 aromatic heterocycles. The van der Waals surface area contributed by atoms with Gasteiger partial charge in [-0.1, -0.05) is 48.5 Å². The van der Waals surface area contributed by atoms with Gasteiger partial charge in [0.2, 0.25) is 0 Å². The van der Waals surface area contributed by atoms with Crippen LogP contribution in [0, 0.1) is 0 Å². The largest absolute Gasteiger partial charge is 0.370 e. The van der Waals surface area contributed by atoms with Gasteiger partial charge < -0.3 is 27.1 Å². The number of amides is 1. The van der Waals surface area contributed by atoms with Crippen molar-refractivity contribution in [3.05, 3.63) is 78.0 Å². The number of guanidine groups is 1. The molecule has 1 aliphatic rings. The standard InChI is InChI=1S/C27H30N6O/c28-20-9-12-21(13-10-20)31-26(34)25-14-18-8-11-22(32-27(29)30)15-24(18)33(25)16-19-6-3-5-17-4-1-2-7-23(17)19/h1-8,11,14-15,20-21H,9-10,12-13,16,28H2,(H,31,34)(H4,29,30,32). The number of aliphatic imine (C=N–C) groups is 1. The Kier molecular flexibility index (Phi) is 5.94. The Hall–Kier alpha value is -3.84. The second-order valence-corrected chi connectivity index (χ2v) is 9.12. The lowest BCUT2D eigenvalue weighted by molar-refractivity contribution is 0.0917. The third-order valence-corrected chi connectivity index (χ3v) is 6.69. The van der Waals surface area contributed by atoms with Gasteiger partial charge in [0.15, 0.2) is 5.96 Å². The molecule has 0 unspecified atom stereocenters. The normalized spacial score (nSPS) is 18.1. The van der Waals surface area contributed by atoms with Gasteiger partial charge >= 0.3 is 0 Å². The Bertz CT molecular complexity index is 1370. The topological polar surface area (TPSA) is 124 Å². The summed E-state index contributed by atoms with van der Waals surface area (Å²) in [5, 5.41) is 6.54. The number of hydrogen-bond donors (Lipinski definition) is 4. The minimum atomic E-state index is -0.0692. The molecule has 7 N–H and O–H groups in total. The van der Waals surface area contributed by atoms with Crippen LogP contribution in [-0.2, 0) is 6.54 Å². The van der Waals surface area contributed by atoms with Gasteiger partial charge in [0.25, 0.3) is 5.91 Å². The van der Waals surface area contributed by atoms with Crippen molar-refractivity contribution in [1.29, 1.82) is 0 Å². The highest BCUT2D eigenvalue weighted by Crippen LogP contribution is 2.28. The van der Waals surface area contributed by atoms with Crippen LogP contribution in [0.2, 0.25) is 0 Å². The lowest BCUT2D eigenvalue weighted by Gasteiger charge is -2.27. The lowest BCUT2D eigenvalue weighted by Crippen LogP contribution is -2.41. The molecule has 0 aliphatic heterocycles. The number of fused-ring (bicyclic) bond motifs is 2. The molecule has 1 amide bonds. The maximum atomic E-state index is 13.5. The fraction of sp³-hybridized carbons (Fsp3) is 0.259. The first kappa shape index (κ1) is 22.0.